The minimum atomic E-state index is -4.41. The summed E-state index contributed by atoms with van der Waals surface area (Å²) in [5.41, 5.74) is 0.675. The zero-order chi connectivity index (χ0) is 28.6. The molecule has 10 heteroatoms. The van der Waals surface area contributed by atoms with Crippen molar-refractivity contribution in [3.05, 3.63) is 60.5 Å². The van der Waals surface area contributed by atoms with E-state index in [0.717, 1.165) is 24.6 Å². The zero-order valence-electron chi connectivity index (χ0n) is 23.6. The number of nitrogens with zero attached hydrogens (tertiary/aromatic N) is 2. The molecule has 0 saturated carbocycles. The van der Waals surface area contributed by atoms with Gasteiger partial charge in [-0.05, 0) is 43.5 Å². The number of amides is 1. The minimum absolute atomic E-state index is 0.0413. The summed E-state index contributed by atoms with van der Waals surface area (Å²) in [5.74, 6) is 0.0252. The molecule has 2 aromatic heterocycles. The van der Waals surface area contributed by atoms with Gasteiger partial charge in [-0.2, -0.15) is 4.21 Å². The molecular weight excluding hydrogens is 528 g/mol. The first-order chi connectivity index (χ1) is 19.2. The van der Waals surface area contributed by atoms with Crippen molar-refractivity contribution in [3.63, 3.8) is 0 Å². The second-order valence-corrected chi connectivity index (χ2v) is 14.4. The van der Waals surface area contributed by atoms with Gasteiger partial charge in [-0.25, -0.2) is 9.29 Å². The first-order valence-electron chi connectivity index (χ1n) is 14.4. The molecule has 0 aliphatic carbocycles. The number of carbonyl (C=O) groups is 1. The van der Waals surface area contributed by atoms with E-state index in [9.17, 15) is 18.7 Å². The third kappa shape index (κ3) is 7.55. The quantitative estimate of drug-likeness (QED) is 0.221. The molecule has 1 aromatic carbocycles. The van der Waals surface area contributed by atoms with Crippen LogP contribution in [0.5, 0.6) is 0 Å². The summed E-state index contributed by atoms with van der Waals surface area (Å²) < 4.78 is 32.3. The summed E-state index contributed by atoms with van der Waals surface area (Å²) in [5, 5.41) is 18.7. The number of furan rings is 1. The van der Waals surface area contributed by atoms with Gasteiger partial charge in [0.05, 0.1) is 6.10 Å². The molecule has 1 amide bonds. The molecule has 0 spiro atoms. The summed E-state index contributed by atoms with van der Waals surface area (Å²) in [6.07, 6.45) is 9.66. The van der Waals surface area contributed by atoms with E-state index in [1.54, 1.807) is 24.3 Å². The normalized spacial score (nSPS) is 20.4. The average molecular weight is 573 g/mol. The van der Waals surface area contributed by atoms with Crippen LogP contribution < -0.4 is 10.6 Å². The summed E-state index contributed by atoms with van der Waals surface area (Å²) in [6.45, 7) is 3.07. The van der Waals surface area contributed by atoms with Crippen LogP contribution in [-0.2, 0) is 9.53 Å². The van der Waals surface area contributed by atoms with Gasteiger partial charge in [0.2, 0.25) is 0 Å². The predicted molar refractivity (Wildman–Crippen MR) is 159 cm³/mol. The number of benzene rings is 1. The fraction of sp³-hybridized carbons (Fsp3) is 0.533. The Hall–Kier alpha value is -2.63. The molecule has 9 nitrogen and oxygen atoms in total. The number of β-amino-alcohol motifs (C(OH)–C–C–N with tert-alkyl or cyclic N) is 1. The fourth-order valence-corrected chi connectivity index (χ4v) is 7.38. The molecular formula is C30H44N4O5S. The van der Waals surface area contributed by atoms with E-state index in [4.69, 9.17) is 4.42 Å². The molecule has 1 fully saturated rings. The second-order valence-electron chi connectivity index (χ2n) is 11.0. The average Bonchev–Trinajstić information content (AvgIpc) is 3.29. The molecule has 0 bridgehead atoms. The van der Waals surface area contributed by atoms with Crippen LogP contribution in [-0.4, -0.2) is 73.1 Å². The smallest absolute Gasteiger partial charge is 0.287 e. The number of unbranched alkanes of at least 4 members (excludes halogenated alkanes) is 4. The van der Waals surface area contributed by atoms with Gasteiger partial charge in [0, 0.05) is 49.6 Å². The third-order valence-electron chi connectivity index (χ3n) is 7.77. The van der Waals surface area contributed by atoms with Crippen LogP contribution in [0.4, 0.5) is 0 Å². The molecule has 3 atom stereocenters. The highest BCUT2D eigenvalue weighted by Crippen LogP contribution is 2.33. The van der Waals surface area contributed by atoms with Crippen LogP contribution in [0.15, 0.2) is 64.2 Å². The lowest BCUT2D eigenvalue weighted by molar-refractivity contribution is 0.0897. The Morgan fingerprint density at radius 2 is 1.95 bits per heavy atom. The Bertz CT molecular complexity index is 1270. The number of pyridine rings is 1. The minimum Gasteiger partial charge on any atom is -0.451 e. The molecule has 1 saturated heterocycles. The molecule has 3 aromatic rings. The molecule has 1 aliphatic heterocycles. The van der Waals surface area contributed by atoms with E-state index in [0.29, 0.717) is 31.5 Å². The summed E-state index contributed by atoms with van der Waals surface area (Å²) in [6, 6.07) is 13.8. The number of nitrogens with one attached hydrogen (secondary N) is 2. The van der Waals surface area contributed by atoms with E-state index in [2.05, 4.69) is 22.5 Å². The lowest BCUT2D eigenvalue weighted by Gasteiger charge is -2.47. The number of aromatic nitrogens is 1. The monoisotopic (exact) mass is 572 g/mol. The Balaban J connectivity index is 1.39. The largest absolute Gasteiger partial charge is 0.451 e. The van der Waals surface area contributed by atoms with Crippen LogP contribution in [0.1, 0.15) is 68.8 Å². The first-order valence-corrected chi connectivity index (χ1v) is 16.7. The van der Waals surface area contributed by atoms with E-state index < -0.39 is 15.6 Å². The molecule has 220 valence electrons. The van der Waals surface area contributed by atoms with E-state index in [1.165, 1.54) is 36.0 Å². The lowest BCUT2D eigenvalue weighted by Crippen LogP contribution is -2.55. The van der Waals surface area contributed by atoms with Gasteiger partial charge in [0.15, 0.2) is 10.8 Å². The molecule has 3 unspecified atom stereocenters. The fourth-order valence-electron chi connectivity index (χ4n) is 5.36. The SMILES string of the molecule is CCCCCCCC(CNC1CCCN(S(C)(=O)(O)c2ccccn2)CC1O)NC(=O)c1cc2ccccc2o1. The summed E-state index contributed by atoms with van der Waals surface area (Å²) >= 11 is 0. The van der Waals surface area contributed by atoms with Crippen LogP contribution >= 0.6 is 0 Å². The van der Waals surface area contributed by atoms with Crippen molar-refractivity contribution in [2.45, 2.75) is 81.5 Å². The number of hydrogen-bond acceptors (Lipinski definition) is 6. The standard InChI is InChI=1S/C30H44N4O5S/c1-3-4-5-6-7-14-24(33-30(36)28-20-23-13-8-9-16-27(23)39-28)21-32-25-15-12-19-34(22-26(25)35)40(2,37,38)29-17-10-11-18-31-29/h8-11,13,16-18,20,24-26,32,35H,3-7,12,14-15,19,21-22H2,1-2H3,(H,33,36)(H,37,38). The number of hydrogen-bond donors (Lipinski definition) is 4. The number of para-hydroxylation sites is 1. The number of rotatable bonds is 13. The third-order valence-corrected chi connectivity index (χ3v) is 10.5. The van der Waals surface area contributed by atoms with E-state index >= 15 is 0 Å². The number of aliphatic hydroxyl groups is 1. The molecule has 0 radical (unpaired) electrons. The maximum atomic E-state index is 13.8. The maximum Gasteiger partial charge on any atom is 0.287 e. The van der Waals surface area contributed by atoms with Gasteiger partial charge in [0.25, 0.3) is 5.91 Å². The predicted octanol–water partition coefficient (Wildman–Crippen LogP) is 4.60. The number of aliphatic hydroxyl groups excluding tert-OH is 1. The highest BCUT2D eigenvalue weighted by molar-refractivity contribution is 8.12. The Morgan fingerprint density at radius 3 is 2.70 bits per heavy atom. The van der Waals surface area contributed by atoms with E-state index in [1.807, 2.05) is 24.3 Å². The van der Waals surface area contributed by atoms with Gasteiger partial charge in [0.1, 0.15) is 5.58 Å². The van der Waals surface area contributed by atoms with Gasteiger partial charge in [-0.15, -0.1) is 9.53 Å². The van der Waals surface area contributed by atoms with Crippen molar-refractivity contribution in [1.29, 1.82) is 0 Å². The number of carbonyl (C=O) groups excluding carboxylic acids is 1. The zero-order valence-corrected chi connectivity index (χ0v) is 24.4. The molecule has 4 N–H and O–H groups in total. The Kier molecular flexibility index (Phi) is 10.1. The van der Waals surface area contributed by atoms with Crippen molar-refractivity contribution in [3.8, 4) is 0 Å². The van der Waals surface area contributed by atoms with E-state index in [-0.39, 0.29) is 35.3 Å². The molecule has 3 heterocycles. The van der Waals surface area contributed by atoms with Crippen molar-refractivity contribution in [1.82, 2.24) is 19.9 Å². The molecule has 40 heavy (non-hydrogen) atoms. The first kappa shape index (κ1) is 30.3. The maximum absolute atomic E-state index is 13.8. The van der Waals surface area contributed by atoms with Crippen molar-refractivity contribution in [2.24, 2.45) is 0 Å². The summed E-state index contributed by atoms with van der Waals surface area (Å²) in [7, 11) is -4.41. The van der Waals surface area contributed by atoms with Crippen LogP contribution in [0.2, 0.25) is 0 Å². The topological polar surface area (TPSA) is 128 Å². The van der Waals surface area contributed by atoms with Crippen LogP contribution in [0, 0.1) is 0 Å². The van der Waals surface area contributed by atoms with Crippen molar-refractivity contribution in [2.75, 3.05) is 25.9 Å². The summed E-state index contributed by atoms with van der Waals surface area (Å²) in [4.78, 5) is 17.2. The number of fused-ring (bicyclic) bond motifs is 1. The van der Waals surface area contributed by atoms with Gasteiger partial charge in [-0.3, -0.25) is 9.35 Å². The van der Waals surface area contributed by atoms with Crippen LogP contribution in [0.3, 0.4) is 0 Å². The Labute approximate surface area is 237 Å². The highest BCUT2D eigenvalue weighted by atomic mass is 32.3. The Morgan fingerprint density at radius 1 is 1.18 bits per heavy atom. The van der Waals surface area contributed by atoms with Gasteiger partial charge < -0.3 is 20.2 Å². The highest BCUT2D eigenvalue weighted by Gasteiger charge is 2.38. The molecule has 1 aliphatic rings. The lowest BCUT2D eigenvalue weighted by atomic mass is 10.0. The molecule has 4 rings (SSSR count). The van der Waals surface area contributed by atoms with Gasteiger partial charge in [-0.1, -0.05) is 63.3 Å². The van der Waals surface area contributed by atoms with Crippen LogP contribution in [0.25, 0.3) is 11.0 Å². The van der Waals surface area contributed by atoms with Crippen molar-refractivity contribution < 1.29 is 23.1 Å². The second kappa shape index (κ2) is 13.4. The van der Waals surface area contributed by atoms with Gasteiger partial charge >= 0.3 is 0 Å². The van der Waals surface area contributed by atoms with Crippen molar-refractivity contribution >= 4 is 26.4 Å².